The highest BCUT2D eigenvalue weighted by Crippen LogP contribution is 2.29. The average molecular weight is 229 g/mol. The van der Waals surface area contributed by atoms with Crippen molar-refractivity contribution < 1.29 is 0 Å². The smallest absolute Gasteiger partial charge is 0.102 e. The van der Waals surface area contributed by atoms with Gasteiger partial charge in [0, 0.05) is 0 Å². The molecule has 5 heteroatoms. The fourth-order valence-corrected chi connectivity index (χ4v) is 1.45. The fourth-order valence-electron chi connectivity index (χ4n) is 0.784. The number of hydrogen-bond acceptors (Lipinski definition) is 3. The summed E-state index contributed by atoms with van der Waals surface area (Å²) in [6.45, 7) is 0. The number of halogens is 2. The van der Waals surface area contributed by atoms with E-state index in [4.69, 9.17) is 28.5 Å². The number of isothiocyanates is 1. The molecule has 0 aliphatic rings. The minimum Gasteiger partial charge on any atom is -0.195 e. The van der Waals surface area contributed by atoms with E-state index in [1.807, 2.05) is 6.07 Å². The summed E-state index contributed by atoms with van der Waals surface area (Å²) in [4.78, 5) is 3.69. The lowest BCUT2D eigenvalue weighted by molar-refractivity contribution is 1.47. The topological polar surface area (TPSA) is 36.1 Å². The maximum Gasteiger partial charge on any atom is 0.102 e. The second kappa shape index (κ2) is 4.36. The first-order valence-corrected chi connectivity index (χ1v) is 4.32. The summed E-state index contributed by atoms with van der Waals surface area (Å²) in [5.41, 5.74) is 0.732. The van der Waals surface area contributed by atoms with E-state index in [9.17, 15) is 0 Å². The SMILES string of the molecule is N#Cc1c(Cl)cc(N=C=S)cc1Cl. The van der Waals surface area contributed by atoms with Gasteiger partial charge in [-0.3, -0.25) is 0 Å². The van der Waals surface area contributed by atoms with Crippen LogP contribution in [0.5, 0.6) is 0 Å². The zero-order chi connectivity index (χ0) is 9.84. The molecule has 0 N–H and O–H groups in total. The Morgan fingerprint density at radius 2 is 1.85 bits per heavy atom. The number of nitriles is 1. The molecule has 0 unspecified atom stereocenters. The number of thiocarbonyl (C=S) groups is 1. The Hall–Kier alpha value is -0.910. The Kier molecular flexibility index (Phi) is 3.41. The summed E-state index contributed by atoms with van der Waals surface area (Å²) in [5, 5.41) is 11.3. The molecule has 1 rings (SSSR count). The molecular weight excluding hydrogens is 227 g/mol. The van der Waals surface area contributed by atoms with Crippen LogP contribution in [-0.2, 0) is 0 Å². The normalized spacial score (nSPS) is 8.69. The van der Waals surface area contributed by atoms with Crippen LogP contribution in [0.1, 0.15) is 5.56 Å². The third kappa shape index (κ3) is 2.27. The van der Waals surface area contributed by atoms with Crippen LogP contribution in [0.3, 0.4) is 0 Å². The van der Waals surface area contributed by atoms with Crippen molar-refractivity contribution in [3.8, 4) is 6.07 Å². The van der Waals surface area contributed by atoms with Gasteiger partial charge in [0.15, 0.2) is 0 Å². The van der Waals surface area contributed by atoms with Crippen molar-refractivity contribution in [1.29, 1.82) is 5.26 Å². The molecule has 0 heterocycles. The maximum absolute atomic E-state index is 8.63. The predicted octanol–water partition coefficient (Wildman–Crippen LogP) is 3.60. The Labute approximate surface area is 90.4 Å². The van der Waals surface area contributed by atoms with E-state index < -0.39 is 0 Å². The highest BCUT2D eigenvalue weighted by atomic mass is 35.5. The highest BCUT2D eigenvalue weighted by Gasteiger charge is 2.06. The molecule has 0 saturated heterocycles. The van der Waals surface area contributed by atoms with Gasteiger partial charge in [-0.25, -0.2) is 0 Å². The molecule has 2 nitrogen and oxygen atoms in total. The van der Waals surface area contributed by atoms with Crippen molar-refractivity contribution in [1.82, 2.24) is 0 Å². The van der Waals surface area contributed by atoms with Crippen molar-refractivity contribution in [3.05, 3.63) is 27.7 Å². The Morgan fingerprint density at radius 1 is 1.31 bits per heavy atom. The summed E-state index contributed by atoms with van der Waals surface area (Å²) < 4.78 is 0. The van der Waals surface area contributed by atoms with Crippen LogP contribution in [0.25, 0.3) is 0 Å². The van der Waals surface area contributed by atoms with Gasteiger partial charge >= 0.3 is 0 Å². The van der Waals surface area contributed by atoms with Gasteiger partial charge in [0.2, 0.25) is 0 Å². The second-order valence-corrected chi connectivity index (χ2v) is 3.10. The number of rotatable bonds is 1. The van der Waals surface area contributed by atoms with Gasteiger partial charge in [0.1, 0.15) is 6.07 Å². The molecule has 13 heavy (non-hydrogen) atoms. The van der Waals surface area contributed by atoms with Crippen LogP contribution in [0.15, 0.2) is 17.1 Å². The van der Waals surface area contributed by atoms with Crippen LogP contribution in [0.4, 0.5) is 5.69 Å². The lowest BCUT2D eigenvalue weighted by atomic mass is 10.2. The number of hydrogen-bond donors (Lipinski definition) is 0. The van der Waals surface area contributed by atoms with E-state index >= 15 is 0 Å². The van der Waals surface area contributed by atoms with Crippen molar-refractivity contribution in [2.45, 2.75) is 0 Å². The van der Waals surface area contributed by atoms with E-state index in [0.717, 1.165) is 0 Å². The molecule has 0 radical (unpaired) electrons. The molecule has 0 saturated carbocycles. The van der Waals surface area contributed by atoms with Gasteiger partial charge in [-0.2, -0.15) is 10.3 Å². The largest absolute Gasteiger partial charge is 0.195 e. The number of nitrogens with zero attached hydrogens (tertiary/aromatic N) is 2. The van der Waals surface area contributed by atoms with Crippen molar-refractivity contribution in [2.75, 3.05) is 0 Å². The molecule has 0 spiro atoms. The van der Waals surface area contributed by atoms with Crippen LogP contribution >= 0.6 is 35.4 Å². The third-order valence-corrected chi connectivity index (χ3v) is 2.00. The van der Waals surface area contributed by atoms with Crippen LogP contribution in [0.2, 0.25) is 10.0 Å². The molecule has 0 bridgehead atoms. The van der Waals surface area contributed by atoms with Crippen LogP contribution in [0, 0.1) is 11.3 Å². The van der Waals surface area contributed by atoms with Gasteiger partial charge in [-0.05, 0) is 24.4 Å². The first-order valence-electron chi connectivity index (χ1n) is 3.16. The summed E-state index contributed by atoms with van der Waals surface area (Å²) in [6, 6.07) is 4.89. The summed E-state index contributed by atoms with van der Waals surface area (Å²) in [7, 11) is 0. The Balaban J connectivity index is 3.38. The zero-order valence-electron chi connectivity index (χ0n) is 6.21. The summed E-state index contributed by atoms with van der Waals surface area (Å²) in [6.07, 6.45) is 0. The monoisotopic (exact) mass is 228 g/mol. The highest BCUT2D eigenvalue weighted by molar-refractivity contribution is 7.78. The van der Waals surface area contributed by atoms with Crippen molar-refractivity contribution in [3.63, 3.8) is 0 Å². The van der Waals surface area contributed by atoms with Gasteiger partial charge in [0.05, 0.1) is 26.5 Å². The molecule has 0 aliphatic carbocycles. The van der Waals surface area contributed by atoms with E-state index in [-0.39, 0.29) is 15.6 Å². The summed E-state index contributed by atoms with van der Waals surface area (Å²) in [5.74, 6) is 0. The molecule has 1 aromatic carbocycles. The van der Waals surface area contributed by atoms with Gasteiger partial charge in [0.25, 0.3) is 0 Å². The van der Waals surface area contributed by atoms with Crippen LogP contribution in [-0.4, -0.2) is 5.16 Å². The maximum atomic E-state index is 8.63. The first-order chi connectivity index (χ1) is 6.19. The quantitative estimate of drug-likeness (QED) is 0.544. The molecule has 1 aromatic rings. The average Bonchev–Trinajstić information content (AvgIpc) is 2.04. The Bertz CT molecular complexity index is 407. The van der Waals surface area contributed by atoms with Crippen molar-refractivity contribution in [2.24, 2.45) is 4.99 Å². The standard InChI is InChI=1S/C8H2Cl2N2S/c9-7-1-5(12-4-13)2-8(10)6(7)3-11/h1-2H. The zero-order valence-corrected chi connectivity index (χ0v) is 8.54. The minimum atomic E-state index is 0.242. The van der Waals surface area contributed by atoms with E-state index in [1.165, 1.54) is 12.1 Å². The molecule has 0 aromatic heterocycles. The molecule has 0 atom stereocenters. The van der Waals surface area contributed by atoms with E-state index in [1.54, 1.807) is 0 Å². The molecule has 0 aliphatic heterocycles. The molecular formula is C8H2Cl2N2S. The Morgan fingerprint density at radius 3 is 2.23 bits per heavy atom. The van der Waals surface area contributed by atoms with E-state index in [2.05, 4.69) is 22.4 Å². The van der Waals surface area contributed by atoms with Gasteiger partial charge in [-0.1, -0.05) is 23.2 Å². The first kappa shape index (κ1) is 10.2. The molecule has 64 valence electrons. The summed E-state index contributed by atoms with van der Waals surface area (Å²) >= 11 is 15.9. The van der Waals surface area contributed by atoms with Gasteiger partial charge < -0.3 is 0 Å². The van der Waals surface area contributed by atoms with Gasteiger partial charge in [-0.15, -0.1) is 0 Å². The van der Waals surface area contributed by atoms with Crippen molar-refractivity contribution >= 4 is 46.3 Å². The third-order valence-electron chi connectivity index (χ3n) is 1.31. The number of benzene rings is 1. The predicted molar refractivity (Wildman–Crippen MR) is 55.9 cm³/mol. The lowest BCUT2D eigenvalue weighted by Crippen LogP contribution is -1.78. The fraction of sp³-hybridized carbons (Fsp3) is 0. The second-order valence-electron chi connectivity index (χ2n) is 2.10. The molecule has 0 fully saturated rings. The molecule has 0 amide bonds. The lowest BCUT2D eigenvalue weighted by Gasteiger charge is -1.98. The minimum absolute atomic E-state index is 0.242. The number of aliphatic imine (C=N–C) groups is 1. The van der Waals surface area contributed by atoms with E-state index in [0.29, 0.717) is 5.69 Å². The van der Waals surface area contributed by atoms with Crippen LogP contribution < -0.4 is 0 Å².